The highest BCUT2D eigenvalue weighted by Crippen LogP contribution is 2.33. The summed E-state index contributed by atoms with van der Waals surface area (Å²) in [6.07, 6.45) is -1.19. The number of nitrogens with zero attached hydrogens (tertiary/aromatic N) is 6. The van der Waals surface area contributed by atoms with Gasteiger partial charge >= 0.3 is 6.18 Å². The highest BCUT2D eigenvalue weighted by atomic mass is 19.4. The van der Waals surface area contributed by atoms with E-state index in [-0.39, 0.29) is 17.2 Å². The molecule has 0 atom stereocenters. The third-order valence-corrected chi connectivity index (χ3v) is 6.67. The predicted molar refractivity (Wildman–Crippen MR) is 148 cm³/mol. The summed E-state index contributed by atoms with van der Waals surface area (Å²) in [5.74, 6) is -0.660. The first-order valence-electron chi connectivity index (χ1n) is 12.6. The van der Waals surface area contributed by atoms with E-state index >= 15 is 0 Å². The molecule has 1 fully saturated rings. The smallest absolute Gasteiger partial charge is 0.397 e. The number of aromatic nitrogens is 3. The number of anilines is 3. The average Bonchev–Trinajstić information content (AvgIpc) is 3.25. The maximum Gasteiger partial charge on any atom is 0.416 e. The zero-order chi connectivity index (χ0) is 29.2. The molecule has 40 heavy (non-hydrogen) atoms. The Balaban J connectivity index is 1.65. The molecule has 214 valence electrons. The number of morpholine rings is 1. The standard InChI is InChI=1S/C27H33F3N8O2/c1-17-6-7-19(12-23(17)38(35(3)4)16-22(31)21-15-32-36(5)18(21)2)26(39)34-24-13-20(27(28,29)30)14-25(33-24)37-8-10-40-11-9-37/h6-7,12-16H,8-11,31H2,1-5H3,(H,33,34,39)/b22-16-. The molecule has 0 radical (unpaired) electrons. The van der Waals surface area contributed by atoms with E-state index < -0.39 is 17.6 Å². The van der Waals surface area contributed by atoms with Crippen LogP contribution in [-0.2, 0) is 18.0 Å². The van der Waals surface area contributed by atoms with Gasteiger partial charge in [-0.3, -0.25) is 14.5 Å². The Kier molecular flexibility index (Phi) is 8.35. The van der Waals surface area contributed by atoms with E-state index in [1.807, 2.05) is 35.0 Å². The van der Waals surface area contributed by atoms with E-state index in [0.29, 0.717) is 37.7 Å². The van der Waals surface area contributed by atoms with Gasteiger partial charge in [0, 0.05) is 57.3 Å². The van der Waals surface area contributed by atoms with Crippen molar-refractivity contribution in [3.8, 4) is 0 Å². The summed E-state index contributed by atoms with van der Waals surface area (Å²) in [4.78, 5) is 19.3. The Labute approximate surface area is 230 Å². The number of aryl methyl sites for hydroxylation is 2. The van der Waals surface area contributed by atoms with Gasteiger partial charge in [-0.25, -0.2) is 9.99 Å². The van der Waals surface area contributed by atoms with Crippen LogP contribution < -0.4 is 21.0 Å². The fraction of sp³-hybridized carbons (Fsp3) is 0.370. The fourth-order valence-corrected chi connectivity index (χ4v) is 4.27. The van der Waals surface area contributed by atoms with Crippen molar-refractivity contribution in [2.45, 2.75) is 20.0 Å². The van der Waals surface area contributed by atoms with Gasteiger partial charge in [0.1, 0.15) is 11.6 Å². The summed E-state index contributed by atoms with van der Waals surface area (Å²) in [7, 11) is 5.47. The van der Waals surface area contributed by atoms with Crippen molar-refractivity contribution in [3.63, 3.8) is 0 Å². The zero-order valence-electron chi connectivity index (χ0n) is 23.1. The van der Waals surface area contributed by atoms with Crippen LogP contribution in [0.3, 0.4) is 0 Å². The van der Waals surface area contributed by atoms with Gasteiger partial charge in [-0.2, -0.15) is 18.3 Å². The molecule has 13 heteroatoms. The van der Waals surface area contributed by atoms with Crippen molar-refractivity contribution < 1.29 is 22.7 Å². The highest BCUT2D eigenvalue weighted by molar-refractivity contribution is 6.04. The molecule has 3 N–H and O–H groups in total. The number of ether oxygens (including phenoxy) is 1. The van der Waals surface area contributed by atoms with Crippen LogP contribution in [0.1, 0.15) is 32.7 Å². The number of amides is 1. The van der Waals surface area contributed by atoms with E-state index in [9.17, 15) is 18.0 Å². The minimum atomic E-state index is -4.61. The number of hydrogen-bond donors (Lipinski definition) is 2. The maximum atomic E-state index is 13.7. The number of hydrazine groups is 1. The van der Waals surface area contributed by atoms with Crippen molar-refractivity contribution in [2.24, 2.45) is 12.8 Å². The second-order valence-corrected chi connectivity index (χ2v) is 9.70. The molecular formula is C27H33F3N8O2. The number of halogens is 3. The summed E-state index contributed by atoms with van der Waals surface area (Å²) in [6.45, 7) is 5.36. The summed E-state index contributed by atoms with van der Waals surface area (Å²) in [5.41, 5.74) is 9.40. The van der Waals surface area contributed by atoms with Crippen LogP contribution >= 0.6 is 0 Å². The SMILES string of the molecule is Cc1ccc(C(=O)Nc2cc(C(F)(F)F)cc(N3CCOCC3)n2)cc1N(/C=C(\N)c1cnn(C)c1C)N(C)C. The maximum absolute atomic E-state index is 13.7. The minimum absolute atomic E-state index is 0.128. The second kappa shape index (κ2) is 11.6. The lowest BCUT2D eigenvalue weighted by atomic mass is 10.1. The summed E-state index contributed by atoms with van der Waals surface area (Å²) in [6, 6.07) is 6.85. The molecule has 10 nitrogen and oxygen atoms in total. The first kappa shape index (κ1) is 28.9. The topological polar surface area (TPSA) is 105 Å². The minimum Gasteiger partial charge on any atom is -0.397 e. The van der Waals surface area contributed by atoms with E-state index in [1.165, 1.54) is 0 Å². The van der Waals surface area contributed by atoms with Crippen molar-refractivity contribution in [1.82, 2.24) is 19.8 Å². The normalized spacial score (nSPS) is 14.5. The first-order valence-corrected chi connectivity index (χ1v) is 12.6. The first-order chi connectivity index (χ1) is 18.8. The number of benzene rings is 1. The third-order valence-electron chi connectivity index (χ3n) is 6.67. The lowest BCUT2D eigenvalue weighted by molar-refractivity contribution is -0.137. The van der Waals surface area contributed by atoms with Gasteiger partial charge < -0.3 is 20.7 Å². The van der Waals surface area contributed by atoms with E-state index in [4.69, 9.17) is 10.5 Å². The zero-order valence-corrected chi connectivity index (χ0v) is 23.1. The summed E-state index contributed by atoms with van der Waals surface area (Å²) >= 11 is 0. The molecule has 0 aliphatic carbocycles. The molecule has 4 rings (SSSR count). The number of carbonyl (C=O) groups is 1. The van der Waals surface area contributed by atoms with Crippen LogP contribution in [-0.4, -0.2) is 66.1 Å². The van der Waals surface area contributed by atoms with Crippen LogP contribution in [0.4, 0.5) is 30.5 Å². The van der Waals surface area contributed by atoms with Crippen molar-refractivity contribution in [1.29, 1.82) is 0 Å². The largest absolute Gasteiger partial charge is 0.416 e. The number of hydrogen-bond acceptors (Lipinski definition) is 8. The van der Waals surface area contributed by atoms with Gasteiger partial charge in [0.05, 0.1) is 36.4 Å². The monoisotopic (exact) mass is 558 g/mol. The van der Waals surface area contributed by atoms with Crippen molar-refractivity contribution in [3.05, 3.63) is 70.7 Å². The number of carbonyl (C=O) groups excluding carboxylic acids is 1. The van der Waals surface area contributed by atoms with Gasteiger partial charge in [0.15, 0.2) is 0 Å². The van der Waals surface area contributed by atoms with Gasteiger partial charge in [-0.1, -0.05) is 6.07 Å². The molecule has 0 saturated carbocycles. The van der Waals surface area contributed by atoms with Crippen LogP contribution in [0.5, 0.6) is 0 Å². The molecule has 0 spiro atoms. The number of nitrogens with two attached hydrogens (primary N) is 1. The van der Waals surface area contributed by atoms with E-state index in [2.05, 4.69) is 15.4 Å². The van der Waals surface area contributed by atoms with Crippen LogP contribution in [0, 0.1) is 13.8 Å². The molecule has 1 aromatic carbocycles. The molecule has 1 aliphatic rings. The molecule has 3 heterocycles. The van der Waals surface area contributed by atoms with Crippen molar-refractivity contribution in [2.75, 3.05) is 55.6 Å². The average molecular weight is 559 g/mol. The van der Waals surface area contributed by atoms with E-state index in [1.54, 1.807) is 50.2 Å². The lowest BCUT2D eigenvalue weighted by Gasteiger charge is -2.30. The summed E-state index contributed by atoms with van der Waals surface area (Å²) in [5, 5.41) is 10.4. The number of pyridine rings is 1. The Morgan fingerprint density at radius 2 is 1.85 bits per heavy atom. The van der Waals surface area contributed by atoms with Gasteiger partial charge in [-0.15, -0.1) is 0 Å². The predicted octanol–water partition coefficient (Wildman–Crippen LogP) is 3.78. The van der Waals surface area contributed by atoms with Gasteiger partial charge in [0.2, 0.25) is 0 Å². The number of rotatable bonds is 7. The Morgan fingerprint density at radius 3 is 2.45 bits per heavy atom. The van der Waals surface area contributed by atoms with E-state index in [0.717, 1.165) is 29.0 Å². The highest BCUT2D eigenvalue weighted by Gasteiger charge is 2.33. The Bertz CT molecular complexity index is 1410. The molecule has 1 aliphatic heterocycles. The van der Waals surface area contributed by atoms with Gasteiger partial charge in [0.25, 0.3) is 5.91 Å². The van der Waals surface area contributed by atoms with Crippen molar-refractivity contribution >= 4 is 28.9 Å². The third kappa shape index (κ3) is 6.37. The molecule has 1 saturated heterocycles. The Hall–Kier alpha value is -4.10. The number of alkyl halides is 3. The Morgan fingerprint density at radius 1 is 1.15 bits per heavy atom. The molecule has 2 aromatic heterocycles. The molecular weight excluding hydrogens is 525 g/mol. The van der Waals surface area contributed by atoms with Crippen LogP contribution in [0.25, 0.3) is 5.70 Å². The fourth-order valence-electron chi connectivity index (χ4n) is 4.27. The van der Waals surface area contributed by atoms with Crippen LogP contribution in [0.15, 0.2) is 42.7 Å². The lowest BCUT2D eigenvalue weighted by Crippen LogP contribution is -2.37. The summed E-state index contributed by atoms with van der Waals surface area (Å²) < 4.78 is 48.0. The second-order valence-electron chi connectivity index (χ2n) is 9.70. The molecule has 1 amide bonds. The molecule has 0 bridgehead atoms. The van der Waals surface area contributed by atoms with Crippen LogP contribution in [0.2, 0.25) is 0 Å². The number of nitrogens with one attached hydrogen (secondary N) is 1. The molecule has 0 unspecified atom stereocenters. The molecule has 3 aromatic rings. The quantitative estimate of drug-likeness (QED) is 0.423. The van der Waals surface area contributed by atoms with Gasteiger partial charge in [-0.05, 0) is 43.7 Å².